The summed E-state index contributed by atoms with van der Waals surface area (Å²) in [5.74, 6) is 1.48. The highest BCUT2D eigenvalue weighted by molar-refractivity contribution is 6.36. The summed E-state index contributed by atoms with van der Waals surface area (Å²) in [6, 6.07) is 5.37. The Bertz CT molecular complexity index is 785. The Kier molecular flexibility index (Phi) is 3.38. The number of fused-ring (bicyclic) bond motifs is 1. The molecule has 21 heavy (non-hydrogen) atoms. The van der Waals surface area contributed by atoms with Gasteiger partial charge in [0.25, 0.3) is 0 Å². The maximum atomic E-state index is 6.25. The van der Waals surface area contributed by atoms with Crippen molar-refractivity contribution in [3.63, 3.8) is 0 Å². The van der Waals surface area contributed by atoms with Crippen molar-refractivity contribution >= 4 is 34.7 Å². The highest BCUT2D eigenvalue weighted by Gasteiger charge is 2.22. The monoisotopic (exact) mass is 323 g/mol. The molecule has 4 nitrogen and oxygen atoms in total. The van der Waals surface area contributed by atoms with Crippen molar-refractivity contribution in [1.29, 1.82) is 0 Å². The maximum Gasteiger partial charge on any atom is 0.158 e. The van der Waals surface area contributed by atoms with E-state index >= 15 is 0 Å². The number of hydrogen-bond acceptors (Lipinski definition) is 3. The number of furan rings is 1. The topological polar surface area (TPSA) is 42.5 Å². The van der Waals surface area contributed by atoms with Crippen molar-refractivity contribution in [3.05, 3.63) is 40.7 Å². The van der Waals surface area contributed by atoms with Crippen LogP contribution < -0.4 is 5.32 Å². The second-order valence-corrected chi connectivity index (χ2v) is 6.70. The molecular formula is C15H15Cl2N3O. The lowest BCUT2D eigenvalue weighted by Crippen LogP contribution is -2.27. The molecule has 3 rings (SSSR count). The van der Waals surface area contributed by atoms with E-state index in [9.17, 15) is 0 Å². The first-order chi connectivity index (χ1) is 9.85. The average molecular weight is 324 g/mol. The summed E-state index contributed by atoms with van der Waals surface area (Å²) >= 11 is 12.4. The summed E-state index contributed by atoms with van der Waals surface area (Å²) in [6.45, 7) is 6.22. The third-order valence-electron chi connectivity index (χ3n) is 2.89. The number of nitrogens with zero attached hydrogens (tertiary/aromatic N) is 2. The Morgan fingerprint density at radius 2 is 2.05 bits per heavy atom. The predicted molar refractivity (Wildman–Crippen MR) is 86.3 cm³/mol. The van der Waals surface area contributed by atoms with Crippen LogP contribution in [0, 0.1) is 0 Å². The van der Waals surface area contributed by atoms with Gasteiger partial charge in [0.1, 0.15) is 11.5 Å². The molecule has 6 heteroatoms. The lowest BCUT2D eigenvalue weighted by Gasteiger charge is -2.22. The third kappa shape index (κ3) is 2.74. The fourth-order valence-electron chi connectivity index (χ4n) is 2.13. The summed E-state index contributed by atoms with van der Waals surface area (Å²) in [4.78, 5) is 4.60. The van der Waals surface area contributed by atoms with E-state index in [2.05, 4.69) is 31.1 Å². The molecule has 0 saturated carbocycles. The minimum Gasteiger partial charge on any atom is -0.463 e. The van der Waals surface area contributed by atoms with Gasteiger partial charge in [-0.15, -0.1) is 0 Å². The number of pyridine rings is 1. The highest BCUT2D eigenvalue weighted by atomic mass is 35.5. The van der Waals surface area contributed by atoms with Crippen LogP contribution in [0.25, 0.3) is 17.1 Å². The number of rotatable bonds is 2. The molecule has 0 fully saturated rings. The van der Waals surface area contributed by atoms with Crippen LogP contribution in [-0.4, -0.2) is 14.9 Å². The number of aromatic nitrogens is 2. The number of imidazole rings is 1. The van der Waals surface area contributed by atoms with E-state index in [0.717, 1.165) is 5.82 Å². The molecule has 0 atom stereocenters. The van der Waals surface area contributed by atoms with Crippen molar-refractivity contribution in [1.82, 2.24) is 9.38 Å². The Hall–Kier alpha value is -1.65. The van der Waals surface area contributed by atoms with Gasteiger partial charge in [0.2, 0.25) is 0 Å². The van der Waals surface area contributed by atoms with Crippen molar-refractivity contribution in [3.8, 4) is 11.5 Å². The van der Waals surface area contributed by atoms with Crippen LogP contribution in [0.15, 0.2) is 35.1 Å². The molecule has 0 aliphatic heterocycles. The molecule has 0 aliphatic carbocycles. The van der Waals surface area contributed by atoms with Crippen LogP contribution in [-0.2, 0) is 0 Å². The van der Waals surface area contributed by atoms with E-state index in [0.29, 0.717) is 27.1 Å². The first-order valence-electron chi connectivity index (χ1n) is 6.54. The van der Waals surface area contributed by atoms with Gasteiger partial charge >= 0.3 is 0 Å². The van der Waals surface area contributed by atoms with Gasteiger partial charge in [0, 0.05) is 11.7 Å². The number of anilines is 1. The van der Waals surface area contributed by atoms with Gasteiger partial charge in [-0.3, -0.25) is 4.40 Å². The summed E-state index contributed by atoms with van der Waals surface area (Å²) in [6.07, 6.45) is 3.41. The van der Waals surface area contributed by atoms with Crippen molar-refractivity contribution < 1.29 is 4.42 Å². The minimum absolute atomic E-state index is 0.147. The van der Waals surface area contributed by atoms with E-state index in [4.69, 9.17) is 27.6 Å². The molecule has 0 aromatic carbocycles. The molecule has 0 radical (unpaired) electrons. The second-order valence-electron chi connectivity index (χ2n) is 5.86. The maximum absolute atomic E-state index is 6.25. The van der Waals surface area contributed by atoms with Gasteiger partial charge in [0.15, 0.2) is 11.4 Å². The summed E-state index contributed by atoms with van der Waals surface area (Å²) < 4.78 is 7.34. The van der Waals surface area contributed by atoms with Crippen LogP contribution >= 0.6 is 23.2 Å². The van der Waals surface area contributed by atoms with Crippen LogP contribution in [0.2, 0.25) is 10.0 Å². The zero-order chi connectivity index (χ0) is 15.2. The Morgan fingerprint density at radius 1 is 1.29 bits per heavy atom. The van der Waals surface area contributed by atoms with Gasteiger partial charge in [0.05, 0.1) is 16.3 Å². The van der Waals surface area contributed by atoms with Crippen LogP contribution in [0.3, 0.4) is 0 Å². The van der Waals surface area contributed by atoms with Gasteiger partial charge in [-0.1, -0.05) is 23.2 Å². The number of nitrogens with one attached hydrogen (secondary N) is 1. The summed E-state index contributed by atoms with van der Waals surface area (Å²) in [5, 5.41) is 4.49. The predicted octanol–water partition coefficient (Wildman–Crippen LogP) is 5.11. The van der Waals surface area contributed by atoms with E-state index in [1.165, 1.54) is 0 Å². The molecule has 3 heterocycles. The average Bonchev–Trinajstić information content (AvgIpc) is 2.96. The molecule has 0 unspecified atom stereocenters. The zero-order valence-electron chi connectivity index (χ0n) is 11.9. The number of hydrogen-bond donors (Lipinski definition) is 1. The molecule has 3 aromatic rings. The Morgan fingerprint density at radius 3 is 2.67 bits per heavy atom. The fourth-order valence-corrected chi connectivity index (χ4v) is 2.65. The Balaban J connectivity index is 2.31. The first-order valence-corrected chi connectivity index (χ1v) is 7.30. The van der Waals surface area contributed by atoms with E-state index in [-0.39, 0.29) is 5.54 Å². The lowest BCUT2D eigenvalue weighted by atomic mass is 10.1. The molecule has 0 bridgehead atoms. The standard InChI is InChI=1S/C15H15Cl2N3O/c1-15(2,3)19-14-12(11-5-4-6-21-11)18-13-10(17)7-9(16)8-20(13)14/h4-8,19H,1-3H3. The molecule has 0 saturated heterocycles. The first kappa shape index (κ1) is 14.3. The van der Waals surface area contributed by atoms with Gasteiger partial charge in [-0.2, -0.15) is 0 Å². The third-order valence-corrected chi connectivity index (χ3v) is 3.37. The Labute approximate surface area is 132 Å². The van der Waals surface area contributed by atoms with E-state index in [1.807, 2.05) is 16.5 Å². The smallest absolute Gasteiger partial charge is 0.158 e. The molecule has 1 N–H and O–H groups in total. The normalized spacial score (nSPS) is 12.0. The van der Waals surface area contributed by atoms with Crippen LogP contribution in [0.4, 0.5) is 5.82 Å². The van der Waals surface area contributed by atoms with Gasteiger partial charge in [-0.05, 0) is 39.0 Å². The lowest BCUT2D eigenvalue weighted by molar-refractivity contribution is 0.579. The fraction of sp³-hybridized carbons (Fsp3) is 0.267. The molecule has 3 aromatic heterocycles. The zero-order valence-corrected chi connectivity index (χ0v) is 13.5. The molecule has 0 amide bonds. The summed E-state index contributed by atoms with van der Waals surface area (Å²) in [7, 11) is 0. The highest BCUT2D eigenvalue weighted by Crippen LogP contribution is 2.34. The quantitative estimate of drug-likeness (QED) is 0.712. The molecular weight excluding hydrogens is 309 g/mol. The van der Waals surface area contributed by atoms with E-state index < -0.39 is 0 Å². The minimum atomic E-state index is -0.147. The molecule has 0 aliphatic rings. The van der Waals surface area contributed by atoms with Crippen molar-refractivity contribution in [2.75, 3.05) is 5.32 Å². The largest absolute Gasteiger partial charge is 0.463 e. The summed E-state index contributed by atoms with van der Waals surface area (Å²) in [5.41, 5.74) is 1.20. The molecule has 0 spiro atoms. The van der Waals surface area contributed by atoms with Crippen LogP contribution in [0.1, 0.15) is 20.8 Å². The number of halogens is 2. The van der Waals surface area contributed by atoms with Crippen molar-refractivity contribution in [2.24, 2.45) is 0 Å². The SMILES string of the molecule is CC(C)(C)Nc1c(-c2ccco2)nc2c(Cl)cc(Cl)cn12. The van der Waals surface area contributed by atoms with Crippen LogP contribution in [0.5, 0.6) is 0 Å². The molecule has 110 valence electrons. The second kappa shape index (κ2) is 4.97. The van der Waals surface area contributed by atoms with E-state index in [1.54, 1.807) is 18.5 Å². The van der Waals surface area contributed by atoms with Gasteiger partial charge < -0.3 is 9.73 Å². The van der Waals surface area contributed by atoms with Gasteiger partial charge in [-0.25, -0.2) is 4.98 Å². The van der Waals surface area contributed by atoms with Crippen molar-refractivity contribution in [2.45, 2.75) is 26.3 Å².